The SMILES string of the molecule is c1ccc(-c2ccc(N(c3ccc4sc5ccccc5c4c3)c3ccc(-c4ccc5sc6ccccc6c5c4)c4ccccc34)cc2)cc1.c1ccc(N(c2ccc3sc4ccccc4c3c2)c2ccc(-c3ccc4sc5ccccc5c4c3)c3ccccc23)cc1.c1ccc2cc(N(c3ccc4sc5ccccc5c4c3)c3ccc(-c4ccc5sc6ccccc6c5c4)c4ccccc34)ccc2c1. The minimum absolute atomic E-state index is 1.13. The highest BCUT2D eigenvalue weighted by molar-refractivity contribution is 7.28. The Hall–Kier alpha value is -16.2. The summed E-state index contributed by atoms with van der Waals surface area (Å²) in [4.78, 5) is 7.29. The van der Waals surface area contributed by atoms with Crippen molar-refractivity contribution in [2.24, 2.45) is 0 Å². The number of rotatable bonds is 13. The summed E-state index contributed by atoms with van der Waals surface area (Å²) in [7, 11) is 0. The van der Waals surface area contributed by atoms with Gasteiger partial charge in [0.1, 0.15) is 0 Å². The van der Waals surface area contributed by atoms with Crippen molar-refractivity contribution in [3.63, 3.8) is 0 Å². The van der Waals surface area contributed by atoms with Crippen LogP contribution in [-0.4, -0.2) is 0 Å². The van der Waals surface area contributed by atoms with Crippen LogP contribution in [0.1, 0.15) is 0 Å². The lowest BCUT2D eigenvalue weighted by atomic mass is 9.95. The van der Waals surface area contributed by atoms with E-state index in [-0.39, 0.29) is 0 Å². The Balaban J connectivity index is 0.000000105. The molecular formula is C130H81N3S6. The third-order valence-electron chi connectivity index (χ3n) is 27.6. The van der Waals surface area contributed by atoms with E-state index in [4.69, 9.17) is 0 Å². The molecule has 6 aromatic heterocycles. The van der Waals surface area contributed by atoms with Gasteiger partial charge < -0.3 is 14.7 Å². The molecule has 29 rings (SSSR count). The number of benzene rings is 23. The zero-order valence-corrected chi connectivity index (χ0v) is 80.0. The molecule has 0 unspecified atom stereocenters. The third-order valence-corrected chi connectivity index (χ3v) is 34.5. The normalized spacial score (nSPS) is 11.7. The molecular weight excluding hydrogens is 1800 g/mol. The standard InChI is InChI=1S/C46H29NS2.C44H27NS2.C40H25NS2/c1-2-10-30(11-3-1)31-18-21-33(22-19-31)47(34-23-27-46-41(29-34)39-15-7-9-17-44(39)49-46)42-25-24-35(36-12-4-5-13-37(36)42)32-20-26-45-40(28-32)38-14-6-8-16-43(38)48-45;1-2-10-29-25-31(19-17-28(29)9-1)45(32-20-24-44-39(27-32)37-14-6-8-16-42(37)47-44)40-22-21-33(34-11-3-4-12-35(34)40)30-18-23-43-38(26-30)36-13-5-7-15-41(36)46-43;1-2-10-27(11-3-1)41(28-19-23-40-35(25-28)33-15-7-9-17-38(33)43-40)36-21-20-29(30-12-4-5-13-31(30)36)26-18-22-39-34(24-26)32-14-6-8-16-37(32)42-39/h1-29H;1-27H;1-25H. The lowest BCUT2D eigenvalue weighted by Gasteiger charge is -2.28. The monoisotopic (exact) mass is 1880 g/mol. The van der Waals surface area contributed by atoms with Crippen LogP contribution < -0.4 is 14.7 Å². The minimum Gasteiger partial charge on any atom is -0.310 e. The van der Waals surface area contributed by atoms with E-state index < -0.39 is 0 Å². The smallest absolute Gasteiger partial charge is 0.0540 e. The van der Waals surface area contributed by atoms with E-state index in [0.29, 0.717) is 0 Å². The molecule has 0 saturated heterocycles. The van der Waals surface area contributed by atoms with Crippen molar-refractivity contribution in [3.05, 3.63) is 491 Å². The number of thiophene rings is 6. The average Bonchev–Trinajstić information content (AvgIpc) is 1.74. The van der Waals surface area contributed by atoms with Gasteiger partial charge in [-0.15, -0.1) is 68.0 Å². The summed E-state index contributed by atoms with van der Waals surface area (Å²) < 4.78 is 15.9. The Bertz CT molecular complexity index is 9910. The van der Waals surface area contributed by atoms with Gasteiger partial charge in [0.15, 0.2) is 0 Å². The van der Waals surface area contributed by atoms with Crippen LogP contribution in [0.2, 0.25) is 0 Å². The van der Waals surface area contributed by atoms with Gasteiger partial charge in [-0.05, 0) is 253 Å². The van der Waals surface area contributed by atoms with E-state index in [2.05, 4.69) is 506 Å². The van der Waals surface area contributed by atoms with E-state index in [1.165, 1.54) is 220 Å². The molecule has 139 heavy (non-hydrogen) atoms. The molecule has 0 aliphatic heterocycles. The van der Waals surface area contributed by atoms with Crippen LogP contribution >= 0.6 is 68.0 Å². The molecule has 0 aliphatic rings. The van der Waals surface area contributed by atoms with Crippen molar-refractivity contribution in [3.8, 4) is 44.5 Å². The summed E-state index contributed by atoms with van der Waals surface area (Å²) in [5.41, 5.74) is 20.3. The Morgan fingerprint density at radius 1 is 0.115 bits per heavy atom. The largest absolute Gasteiger partial charge is 0.310 e. The summed E-state index contributed by atoms with van der Waals surface area (Å²) in [5.74, 6) is 0. The van der Waals surface area contributed by atoms with Gasteiger partial charge in [0.25, 0.3) is 0 Å². The highest BCUT2D eigenvalue weighted by atomic mass is 32.1. The minimum atomic E-state index is 1.13. The van der Waals surface area contributed by atoms with Crippen molar-refractivity contribution in [2.45, 2.75) is 0 Å². The van der Waals surface area contributed by atoms with Crippen molar-refractivity contribution in [2.75, 3.05) is 14.7 Å². The molecule has 652 valence electrons. The van der Waals surface area contributed by atoms with Gasteiger partial charge in [-0.25, -0.2) is 0 Å². The van der Waals surface area contributed by atoms with E-state index in [1.807, 2.05) is 68.0 Å². The van der Waals surface area contributed by atoms with Crippen LogP contribution in [0, 0.1) is 0 Å². The van der Waals surface area contributed by atoms with Gasteiger partial charge in [0.05, 0.1) is 17.1 Å². The summed E-state index contributed by atoms with van der Waals surface area (Å²) in [6.07, 6.45) is 0. The maximum absolute atomic E-state index is 2.44. The van der Waals surface area contributed by atoms with Gasteiger partial charge in [-0.2, -0.15) is 0 Å². The van der Waals surface area contributed by atoms with Gasteiger partial charge in [-0.3, -0.25) is 0 Å². The first-order valence-electron chi connectivity index (χ1n) is 47.0. The van der Waals surface area contributed by atoms with Crippen LogP contribution in [0.4, 0.5) is 51.2 Å². The number of anilines is 9. The van der Waals surface area contributed by atoms with Crippen molar-refractivity contribution >= 4 is 283 Å². The Morgan fingerprint density at radius 2 is 0.338 bits per heavy atom. The first kappa shape index (κ1) is 82.3. The number of para-hydroxylation sites is 1. The van der Waals surface area contributed by atoms with Crippen molar-refractivity contribution < 1.29 is 0 Å². The van der Waals surface area contributed by atoms with Crippen LogP contribution in [-0.2, 0) is 0 Å². The molecule has 0 N–H and O–H groups in total. The number of nitrogens with zero attached hydrogens (tertiary/aromatic N) is 3. The fourth-order valence-electron chi connectivity index (χ4n) is 21.0. The topological polar surface area (TPSA) is 9.72 Å². The fraction of sp³-hybridized carbons (Fsp3) is 0. The second-order valence-electron chi connectivity index (χ2n) is 35.6. The fourth-order valence-corrected chi connectivity index (χ4v) is 27.6. The molecule has 29 aromatic rings. The molecule has 3 nitrogen and oxygen atoms in total. The zero-order chi connectivity index (χ0) is 91.5. The van der Waals surface area contributed by atoms with Crippen LogP contribution in [0.25, 0.3) is 209 Å². The predicted octanol–water partition coefficient (Wildman–Crippen LogP) is 41.0. The summed E-state index contributed by atoms with van der Waals surface area (Å²) in [6.45, 7) is 0. The lowest BCUT2D eigenvalue weighted by Crippen LogP contribution is -2.10. The van der Waals surface area contributed by atoms with E-state index >= 15 is 0 Å². The van der Waals surface area contributed by atoms with Gasteiger partial charge in [-0.1, -0.05) is 309 Å². The van der Waals surface area contributed by atoms with Crippen molar-refractivity contribution in [1.82, 2.24) is 0 Å². The Labute approximate surface area is 826 Å². The maximum atomic E-state index is 2.44. The van der Waals surface area contributed by atoms with Crippen LogP contribution in [0.15, 0.2) is 491 Å². The van der Waals surface area contributed by atoms with Gasteiger partial charge >= 0.3 is 0 Å². The van der Waals surface area contributed by atoms with Crippen LogP contribution in [0.3, 0.4) is 0 Å². The molecule has 23 aromatic carbocycles. The summed E-state index contributed by atoms with van der Waals surface area (Å²) >= 11 is 11.2. The first-order chi connectivity index (χ1) is 68.9. The second kappa shape index (κ2) is 34.6. The maximum Gasteiger partial charge on any atom is 0.0540 e. The van der Waals surface area contributed by atoms with E-state index in [9.17, 15) is 0 Å². The molecule has 0 atom stereocenters. The predicted molar refractivity (Wildman–Crippen MR) is 612 cm³/mol. The molecule has 0 fully saturated rings. The number of hydrogen-bond acceptors (Lipinski definition) is 9. The average molecular weight is 1880 g/mol. The zero-order valence-electron chi connectivity index (χ0n) is 75.1. The Kier molecular flexibility index (Phi) is 20.5. The summed E-state index contributed by atoms with van der Waals surface area (Å²) in [5, 5.41) is 25.7. The summed E-state index contributed by atoms with van der Waals surface area (Å²) in [6, 6.07) is 180. The second-order valence-corrected chi connectivity index (χ2v) is 42.1. The molecule has 0 saturated carbocycles. The molecule has 0 radical (unpaired) electrons. The molecule has 6 heterocycles. The van der Waals surface area contributed by atoms with Crippen LogP contribution in [0.5, 0.6) is 0 Å². The lowest BCUT2D eigenvalue weighted by molar-refractivity contribution is 1.30. The number of fused-ring (bicyclic) bond motifs is 22. The third kappa shape index (κ3) is 14.6. The molecule has 0 bridgehead atoms. The highest BCUT2D eigenvalue weighted by Crippen LogP contribution is 2.52. The highest BCUT2D eigenvalue weighted by Gasteiger charge is 2.26. The van der Waals surface area contributed by atoms with Gasteiger partial charge in [0.2, 0.25) is 0 Å². The molecule has 9 heteroatoms. The van der Waals surface area contributed by atoms with E-state index in [1.54, 1.807) is 0 Å². The van der Waals surface area contributed by atoms with Gasteiger partial charge in [0, 0.05) is 171 Å². The molecule has 0 aliphatic carbocycles. The number of hydrogen-bond donors (Lipinski definition) is 0. The molecule has 0 amide bonds. The molecule has 0 spiro atoms. The first-order valence-corrected chi connectivity index (χ1v) is 51.9. The quantitative estimate of drug-likeness (QED) is 0.114. The Morgan fingerprint density at radius 3 is 0.683 bits per heavy atom. The van der Waals surface area contributed by atoms with Crippen molar-refractivity contribution in [1.29, 1.82) is 0 Å². The van der Waals surface area contributed by atoms with E-state index in [0.717, 1.165) is 39.8 Å².